The normalized spacial score (nSPS) is 13.5. The highest BCUT2D eigenvalue weighted by molar-refractivity contribution is 5.70. The predicted octanol–water partition coefficient (Wildman–Crippen LogP) is 5.85. The Morgan fingerprint density at radius 1 is 0.630 bits per heavy atom. The Hall–Kier alpha value is -4.73. The molecular formula is C36H44N4O6. The van der Waals surface area contributed by atoms with Crippen molar-refractivity contribution in [1.82, 2.24) is 19.9 Å². The first kappa shape index (κ1) is 32.7. The molecule has 5 rings (SSSR count). The summed E-state index contributed by atoms with van der Waals surface area (Å²) in [6, 6.07) is 0. The van der Waals surface area contributed by atoms with Crippen molar-refractivity contribution in [2.24, 2.45) is 5.92 Å². The third-order valence-electron chi connectivity index (χ3n) is 9.93. The minimum absolute atomic E-state index is 0.00410. The predicted molar refractivity (Wildman–Crippen MR) is 176 cm³/mol. The molecule has 4 aromatic rings. The van der Waals surface area contributed by atoms with Crippen LogP contribution in [0, 0.1) is 33.6 Å². The number of rotatable bonds is 10. The maximum absolute atomic E-state index is 11.9. The second-order valence-corrected chi connectivity index (χ2v) is 12.8. The van der Waals surface area contributed by atoms with E-state index in [4.69, 9.17) is 0 Å². The smallest absolute Gasteiger partial charge is 0.306 e. The summed E-state index contributed by atoms with van der Waals surface area (Å²) >= 11 is 0. The number of aromatic amines is 4. The van der Waals surface area contributed by atoms with Crippen LogP contribution in [-0.2, 0) is 59.3 Å². The third-order valence-corrected chi connectivity index (χ3v) is 9.93. The van der Waals surface area contributed by atoms with E-state index in [1.54, 1.807) is 6.92 Å². The SMILES string of the molecule is C=Cc1c2[nH]c(c1C)Cc1[nH]c(c(CCC(=O)O)c1C)Cc1[nH]c(c(C)c1CCC(=O)O)Cc1[nH]c(c(C)c1CC(C)C(=O)O)C2. The van der Waals surface area contributed by atoms with Crippen LogP contribution in [0.2, 0.25) is 0 Å². The van der Waals surface area contributed by atoms with Gasteiger partial charge in [-0.2, -0.15) is 0 Å². The summed E-state index contributed by atoms with van der Waals surface area (Å²) in [5.41, 5.74) is 15.9. The Bertz CT molecular complexity index is 1850. The number of H-pyrrole nitrogens is 4. The van der Waals surface area contributed by atoms with Gasteiger partial charge in [-0.15, -0.1) is 0 Å². The van der Waals surface area contributed by atoms with E-state index in [2.05, 4.69) is 33.4 Å². The molecule has 0 aromatic carbocycles. The Morgan fingerprint density at radius 2 is 1.00 bits per heavy atom. The van der Waals surface area contributed by atoms with E-state index in [0.717, 1.165) is 90.1 Å². The van der Waals surface area contributed by atoms with Gasteiger partial charge in [-0.25, -0.2) is 0 Å². The van der Waals surface area contributed by atoms with Crippen LogP contribution in [0.3, 0.4) is 0 Å². The van der Waals surface area contributed by atoms with Gasteiger partial charge < -0.3 is 35.3 Å². The van der Waals surface area contributed by atoms with Gasteiger partial charge in [0.25, 0.3) is 0 Å². The summed E-state index contributed by atoms with van der Waals surface area (Å²) in [6.07, 6.45) is 5.13. The Labute approximate surface area is 268 Å². The molecule has 10 nitrogen and oxygen atoms in total. The van der Waals surface area contributed by atoms with Crippen LogP contribution < -0.4 is 0 Å². The van der Waals surface area contributed by atoms with Crippen LogP contribution in [-0.4, -0.2) is 53.2 Å². The summed E-state index contributed by atoms with van der Waals surface area (Å²) < 4.78 is 0. The van der Waals surface area contributed by atoms with Crippen molar-refractivity contribution in [3.05, 3.63) is 96.6 Å². The fraction of sp³-hybridized carbons (Fsp3) is 0.417. The summed E-state index contributed by atoms with van der Waals surface area (Å²) in [7, 11) is 0. The highest BCUT2D eigenvalue weighted by Gasteiger charge is 2.26. The molecule has 1 aliphatic rings. The molecule has 1 aliphatic heterocycles. The Kier molecular flexibility index (Phi) is 9.19. The number of aromatic nitrogens is 4. The molecule has 0 saturated carbocycles. The molecule has 7 N–H and O–H groups in total. The maximum atomic E-state index is 11.9. The minimum Gasteiger partial charge on any atom is -0.481 e. The minimum atomic E-state index is -0.874. The van der Waals surface area contributed by atoms with E-state index >= 15 is 0 Å². The number of fused-ring (bicyclic) bond motifs is 8. The van der Waals surface area contributed by atoms with Crippen molar-refractivity contribution in [2.75, 3.05) is 0 Å². The van der Waals surface area contributed by atoms with Crippen LogP contribution in [0.15, 0.2) is 6.58 Å². The van der Waals surface area contributed by atoms with Crippen LogP contribution in [0.1, 0.15) is 110 Å². The number of carbonyl (C=O) groups is 3. The monoisotopic (exact) mass is 628 g/mol. The number of carboxylic acids is 3. The van der Waals surface area contributed by atoms with Crippen molar-refractivity contribution in [3.63, 3.8) is 0 Å². The first-order valence-electron chi connectivity index (χ1n) is 15.9. The lowest BCUT2D eigenvalue weighted by atomic mass is 9.94. The first-order chi connectivity index (χ1) is 21.8. The number of nitrogens with one attached hydrogen (secondary N) is 4. The van der Waals surface area contributed by atoms with Gasteiger partial charge >= 0.3 is 17.9 Å². The summed E-state index contributed by atoms with van der Waals surface area (Å²) in [6.45, 7) is 14.0. The summed E-state index contributed by atoms with van der Waals surface area (Å²) in [5.74, 6) is -3.15. The van der Waals surface area contributed by atoms with Gasteiger partial charge in [0.2, 0.25) is 0 Å². The van der Waals surface area contributed by atoms with Crippen molar-refractivity contribution < 1.29 is 29.7 Å². The molecule has 0 aliphatic carbocycles. The van der Waals surface area contributed by atoms with Crippen LogP contribution in [0.4, 0.5) is 0 Å². The van der Waals surface area contributed by atoms with E-state index in [1.807, 2.05) is 26.8 Å². The van der Waals surface area contributed by atoms with Crippen molar-refractivity contribution >= 4 is 24.0 Å². The van der Waals surface area contributed by atoms with Gasteiger partial charge in [0, 0.05) is 84.1 Å². The highest BCUT2D eigenvalue weighted by atomic mass is 16.4. The molecule has 10 heteroatoms. The molecule has 8 bridgehead atoms. The molecule has 0 saturated heterocycles. The van der Waals surface area contributed by atoms with Crippen molar-refractivity contribution in [1.29, 1.82) is 0 Å². The molecule has 5 heterocycles. The second-order valence-electron chi connectivity index (χ2n) is 12.8. The lowest BCUT2D eigenvalue weighted by Crippen LogP contribution is -2.13. The molecule has 1 atom stereocenters. The van der Waals surface area contributed by atoms with E-state index in [-0.39, 0.29) is 12.8 Å². The van der Waals surface area contributed by atoms with Gasteiger partial charge in [0.15, 0.2) is 0 Å². The number of aliphatic carboxylic acids is 3. The molecule has 4 aromatic heterocycles. The first-order valence-corrected chi connectivity index (χ1v) is 15.9. The largest absolute Gasteiger partial charge is 0.481 e. The average molecular weight is 629 g/mol. The third kappa shape index (κ3) is 6.34. The van der Waals surface area contributed by atoms with Gasteiger partial charge in [-0.1, -0.05) is 19.6 Å². The lowest BCUT2D eigenvalue weighted by Gasteiger charge is -2.10. The molecule has 244 valence electrons. The second kappa shape index (κ2) is 12.9. The van der Waals surface area contributed by atoms with Crippen LogP contribution in [0.5, 0.6) is 0 Å². The molecule has 0 spiro atoms. The van der Waals surface area contributed by atoms with Gasteiger partial charge in [0.05, 0.1) is 5.92 Å². The molecule has 0 amide bonds. The summed E-state index contributed by atoms with van der Waals surface area (Å²) in [4.78, 5) is 49.8. The topological polar surface area (TPSA) is 175 Å². The van der Waals surface area contributed by atoms with Gasteiger partial charge in [0.1, 0.15) is 0 Å². The van der Waals surface area contributed by atoms with Crippen LogP contribution >= 0.6 is 0 Å². The average Bonchev–Trinajstić information content (AvgIpc) is 3.64. The van der Waals surface area contributed by atoms with Crippen molar-refractivity contribution in [2.45, 2.75) is 92.4 Å². The Balaban J connectivity index is 1.72. The fourth-order valence-corrected chi connectivity index (χ4v) is 7.10. The van der Waals surface area contributed by atoms with Crippen LogP contribution in [0.25, 0.3) is 6.08 Å². The number of carboxylic acid groups (broad SMARTS) is 3. The van der Waals surface area contributed by atoms with E-state index in [1.165, 1.54) is 0 Å². The van der Waals surface area contributed by atoms with Gasteiger partial charge in [-0.3, -0.25) is 14.4 Å². The maximum Gasteiger partial charge on any atom is 0.306 e. The van der Waals surface area contributed by atoms with E-state index < -0.39 is 23.8 Å². The zero-order valence-electron chi connectivity index (χ0n) is 27.3. The molecule has 0 fully saturated rings. The zero-order chi connectivity index (χ0) is 33.4. The number of hydrogen-bond donors (Lipinski definition) is 7. The molecule has 1 unspecified atom stereocenters. The fourth-order valence-electron chi connectivity index (χ4n) is 7.10. The standard InChI is InChI=1S/C36H44N4O6/c1-7-22-18(3)26-13-27-19(4)23(8-10-34(41)42)31(38-27)16-32-24(9-11-35(43)44)20(5)28(39-32)15-33-25(12-17(2)36(45)46)21(6)29(40-33)14-30(22)37-26/h7,17,37-40H,1,8-16H2,2-6H3,(H,41,42)(H,43,44)(H,45,46). The molecule has 46 heavy (non-hydrogen) atoms. The highest BCUT2D eigenvalue weighted by Crippen LogP contribution is 2.33. The molecule has 0 radical (unpaired) electrons. The summed E-state index contributed by atoms with van der Waals surface area (Å²) in [5, 5.41) is 28.8. The van der Waals surface area contributed by atoms with E-state index in [0.29, 0.717) is 44.9 Å². The van der Waals surface area contributed by atoms with Crippen molar-refractivity contribution in [3.8, 4) is 0 Å². The number of hydrogen-bond acceptors (Lipinski definition) is 3. The zero-order valence-corrected chi connectivity index (χ0v) is 27.3. The lowest BCUT2D eigenvalue weighted by molar-refractivity contribution is -0.141. The molecular weight excluding hydrogens is 584 g/mol. The Morgan fingerprint density at radius 3 is 1.46 bits per heavy atom. The van der Waals surface area contributed by atoms with Gasteiger partial charge in [-0.05, 0) is 91.5 Å². The quantitative estimate of drug-likeness (QED) is 0.102. The van der Waals surface area contributed by atoms with E-state index in [9.17, 15) is 29.7 Å².